The SMILES string of the molecule is CC1(NC(=O)OC(C)(C)C)CCC(ONC2=CCCC2)CC1. The summed E-state index contributed by atoms with van der Waals surface area (Å²) in [6, 6.07) is 0. The van der Waals surface area contributed by atoms with E-state index in [2.05, 4.69) is 23.8 Å². The molecule has 0 unspecified atom stereocenters. The van der Waals surface area contributed by atoms with Gasteiger partial charge in [-0.2, -0.15) is 0 Å². The number of carbonyl (C=O) groups is 1. The molecular formula is C17H30N2O3. The average molecular weight is 310 g/mol. The second kappa shape index (κ2) is 6.90. The van der Waals surface area contributed by atoms with Crippen molar-refractivity contribution in [3.05, 3.63) is 11.8 Å². The van der Waals surface area contributed by atoms with Gasteiger partial charge in [-0.3, -0.25) is 10.3 Å². The van der Waals surface area contributed by atoms with E-state index in [0.29, 0.717) is 0 Å². The molecule has 22 heavy (non-hydrogen) atoms. The number of hydroxylamine groups is 1. The van der Waals surface area contributed by atoms with Crippen LogP contribution in [-0.2, 0) is 9.57 Å². The summed E-state index contributed by atoms with van der Waals surface area (Å²) < 4.78 is 5.35. The fourth-order valence-corrected chi connectivity index (χ4v) is 2.94. The fraction of sp³-hybridized carbons (Fsp3) is 0.824. The minimum Gasteiger partial charge on any atom is -0.444 e. The van der Waals surface area contributed by atoms with Crippen LogP contribution in [0.25, 0.3) is 0 Å². The standard InChI is InChI=1S/C17H30N2O3/c1-16(2,3)21-15(20)18-17(4)11-9-14(10-12-17)22-19-13-7-5-6-8-13/h7,14,19H,5-6,8-12H2,1-4H3,(H,18,20). The monoisotopic (exact) mass is 310 g/mol. The van der Waals surface area contributed by atoms with Crippen molar-refractivity contribution in [3.8, 4) is 0 Å². The summed E-state index contributed by atoms with van der Waals surface area (Å²) in [4.78, 5) is 17.7. The van der Waals surface area contributed by atoms with Gasteiger partial charge in [-0.15, -0.1) is 0 Å². The van der Waals surface area contributed by atoms with Gasteiger partial charge in [-0.05, 0) is 72.6 Å². The van der Waals surface area contributed by atoms with Crippen LogP contribution in [0.15, 0.2) is 11.8 Å². The van der Waals surface area contributed by atoms with Crippen LogP contribution in [0.3, 0.4) is 0 Å². The molecule has 0 aromatic rings. The topological polar surface area (TPSA) is 59.6 Å². The maximum absolute atomic E-state index is 11.9. The molecule has 2 aliphatic carbocycles. The lowest BCUT2D eigenvalue weighted by molar-refractivity contribution is -0.0404. The van der Waals surface area contributed by atoms with Crippen LogP contribution in [0.5, 0.6) is 0 Å². The Balaban J connectivity index is 1.71. The van der Waals surface area contributed by atoms with Crippen LogP contribution in [0.2, 0.25) is 0 Å². The summed E-state index contributed by atoms with van der Waals surface area (Å²) in [7, 11) is 0. The Labute approximate surface area is 133 Å². The summed E-state index contributed by atoms with van der Waals surface area (Å²) in [6.07, 6.45) is 9.22. The van der Waals surface area contributed by atoms with Crippen LogP contribution < -0.4 is 10.8 Å². The van der Waals surface area contributed by atoms with Crippen molar-refractivity contribution in [3.63, 3.8) is 0 Å². The summed E-state index contributed by atoms with van der Waals surface area (Å²) in [5.41, 5.74) is 3.65. The highest BCUT2D eigenvalue weighted by molar-refractivity contribution is 5.68. The van der Waals surface area contributed by atoms with Crippen molar-refractivity contribution in [1.29, 1.82) is 0 Å². The summed E-state index contributed by atoms with van der Waals surface area (Å²) in [5.74, 6) is 0. The third-order valence-electron chi connectivity index (χ3n) is 4.24. The maximum Gasteiger partial charge on any atom is 0.408 e. The van der Waals surface area contributed by atoms with Crippen LogP contribution in [0, 0.1) is 0 Å². The van der Waals surface area contributed by atoms with Crippen molar-refractivity contribution < 1.29 is 14.4 Å². The third kappa shape index (κ3) is 5.52. The van der Waals surface area contributed by atoms with Crippen molar-refractivity contribution in [2.45, 2.75) is 89.9 Å². The number of rotatable bonds is 4. The first-order valence-electron chi connectivity index (χ1n) is 8.38. The molecule has 0 aromatic heterocycles. The number of nitrogens with one attached hydrogen (secondary N) is 2. The molecular weight excluding hydrogens is 280 g/mol. The molecule has 0 saturated heterocycles. The quantitative estimate of drug-likeness (QED) is 0.775. The zero-order valence-corrected chi connectivity index (χ0v) is 14.3. The van der Waals surface area contributed by atoms with Gasteiger partial charge in [0, 0.05) is 11.2 Å². The Morgan fingerprint density at radius 3 is 2.55 bits per heavy atom. The second-order valence-corrected chi connectivity index (χ2v) is 7.73. The van der Waals surface area contributed by atoms with Crippen LogP contribution in [-0.4, -0.2) is 23.3 Å². The smallest absolute Gasteiger partial charge is 0.408 e. The Kier molecular flexibility index (Phi) is 5.37. The first kappa shape index (κ1) is 17.1. The van der Waals surface area contributed by atoms with Gasteiger partial charge in [0.05, 0.1) is 6.10 Å². The number of hydrogen-bond acceptors (Lipinski definition) is 4. The molecule has 2 rings (SSSR count). The minimum atomic E-state index is -0.459. The number of ether oxygens (including phenoxy) is 1. The predicted molar refractivity (Wildman–Crippen MR) is 86.2 cm³/mol. The molecule has 2 aliphatic rings. The zero-order valence-electron chi connectivity index (χ0n) is 14.3. The van der Waals surface area contributed by atoms with Gasteiger partial charge in [-0.1, -0.05) is 6.08 Å². The van der Waals surface area contributed by atoms with E-state index in [4.69, 9.17) is 9.57 Å². The molecule has 0 atom stereocenters. The van der Waals surface area contributed by atoms with E-state index in [1.807, 2.05) is 20.8 Å². The lowest BCUT2D eigenvalue weighted by atomic mass is 9.82. The molecule has 1 saturated carbocycles. The maximum atomic E-state index is 11.9. The first-order valence-corrected chi connectivity index (χ1v) is 8.38. The van der Waals surface area contributed by atoms with E-state index in [-0.39, 0.29) is 17.7 Å². The van der Waals surface area contributed by atoms with Gasteiger partial charge < -0.3 is 10.1 Å². The minimum absolute atomic E-state index is 0.200. The molecule has 1 amide bonds. The third-order valence-corrected chi connectivity index (χ3v) is 4.24. The molecule has 0 bridgehead atoms. The largest absolute Gasteiger partial charge is 0.444 e. The van der Waals surface area contributed by atoms with Gasteiger partial charge in [0.15, 0.2) is 0 Å². The summed E-state index contributed by atoms with van der Waals surface area (Å²) in [6.45, 7) is 7.72. The molecule has 0 aliphatic heterocycles. The van der Waals surface area contributed by atoms with E-state index < -0.39 is 5.60 Å². The van der Waals surface area contributed by atoms with Crippen LogP contribution in [0.1, 0.15) is 72.6 Å². The number of allylic oxidation sites excluding steroid dienone is 2. The van der Waals surface area contributed by atoms with Crippen molar-refractivity contribution in [2.24, 2.45) is 0 Å². The van der Waals surface area contributed by atoms with E-state index in [0.717, 1.165) is 38.5 Å². The highest BCUT2D eigenvalue weighted by Crippen LogP contribution is 2.30. The Morgan fingerprint density at radius 1 is 1.32 bits per heavy atom. The van der Waals surface area contributed by atoms with Crippen LogP contribution >= 0.6 is 0 Å². The zero-order chi connectivity index (χ0) is 16.2. The highest BCUT2D eigenvalue weighted by atomic mass is 16.7. The molecule has 2 N–H and O–H groups in total. The molecule has 0 aromatic carbocycles. The molecule has 5 nitrogen and oxygen atoms in total. The van der Waals surface area contributed by atoms with Gasteiger partial charge in [0.1, 0.15) is 5.60 Å². The fourth-order valence-electron chi connectivity index (χ4n) is 2.94. The Bertz CT molecular complexity index is 418. The number of alkyl carbamates (subject to hydrolysis) is 1. The predicted octanol–water partition coefficient (Wildman–Crippen LogP) is 3.80. The molecule has 1 fully saturated rings. The van der Waals surface area contributed by atoms with Crippen LogP contribution in [0.4, 0.5) is 4.79 Å². The Hall–Kier alpha value is -1.23. The van der Waals surface area contributed by atoms with E-state index in [1.54, 1.807) is 0 Å². The molecule has 0 heterocycles. The number of amides is 1. The molecule has 5 heteroatoms. The molecule has 126 valence electrons. The molecule has 0 spiro atoms. The summed E-state index contributed by atoms with van der Waals surface area (Å²) >= 11 is 0. The first-order chi connectivity index (χ1) is 10.3. The van der Waals surface area contributed by atoms with E-state index in [1.165, 1.54) is 12.1 Å². The number of carbonyl (C=O) groups excluding carboxylic acids is 1. The lowest BCUT2D eigenvalue weighted by Gasteiger charge is -2.38. The van der Waals surface area contributed by atoms with E-state index >= 15 is 0 Å². The Morgan fingerprint density at radius 2 is 2.00 bits per heavy atom. The van der Waals surface area contributed by atoms with Crippen molar-refractivity contribution in [2.75, 3.05) is 0 Å². The second-order valence-electron chi connectivity index (χ2n) is 7.73. The number of hydrogen-bond donors (Lipinski definition) is 2. The van der Waals surface area contributed by atoms with Crippen molar-refractivity contribution >= 4 is 6.09 Å². The normalized spacial score (nSPS) is 28.9. The van der Waals surface area contributed by atoms with Gasteiger partial charge in [0.2, 0.25) is 0 Å². The lowest BCUT2D eigenvalue weighted by Crippen LogP contribution is -2.51. The molecule has 0 radical (unpaired) electrons. The summed E-state index contributed by atoms with van der Waals surface area (Å²) in [5, 5.41) is 3.02. The highest BCUT2D eigenvalue weighted by Gasteiger charge is 2.34. The van der Waals surface area contributed by atoms with Gasteiger partial charge >= 0.3 is 6.09 Å². The van der Waals surface area contributed by atoms with Crippen molar-refractivity contribution in [1.82, 2.24) is 10.8 Å². The van der Waals surface area contributed by atoms with Gasteiger partial charge in [-0.25, -0.2) is 4.79 Å². The van der Waals surface area contributed by atoms with E-state index in [9.17, 15) is 4.79 Å². The van der Waals surface area contributed by atoms with Gasteiger partial charge in [0.25, 0.3) is 0 Å². The average Bonchev–Trinajstić information content (AvgIpc) is 2.88.